The first-order chi connectivity index (χ1) is 16.1. The molecule has 1 aromatic rings. The van der Waals surface area contributed by atoms with E-state index >= 15 is 0 Å². The molecule has 1 saturated carbocycles. The quantitative estimate of drug-likeness (QED) is 0.643. The topological polar surface area (TPSA) is 94.7 Å². The van der Waals surface area contributed by atoms with Crippen molar-refractivity contribution in [3.63, 3.8) is 0 Å². The van der Waals surface area contributed by atoms with Gasteiger partial charge in [-0.05, 0) is 37.5 Å². The van der Waals surface area contributed by atoms with Crippen LogP contribution in [0, 0.1) is 5.92 Å². The minimum absolute atomic E-state index is 0.106. The Hall–Kier alpha value is -3.33. The summed E-state index contributed by atoms with van der Waals surface area (Å²) in [5.41, 5.74) is 1.96. The van der Waals surface area contributed by atoms with Crippen LogP contribution in [0.2, 0.25) is 0 Å². The van der Waals surface area contributed by atoms with Gasteiger partial charge in [0.15, 0.2) is 0 Å². The van der Waals surface area contributed by atoms with Gasteiger partial charge in [0.25, 0.3) is 5.91 Å². The lowest BCUT2D eigenvalue weighted by Crippen LogP contribution is -3.14. The smallest absolute Gasteiger partial charge is 0.274 e. The molecular formula is C24H30N7O2+. The summed E-state index contributed by atoms with van der Waals surface area (Å²) in [4.78, 5) is 34.6. The summed E-state index contributed by atoms with van der Waals surface area (Å²) in [5.74, 6) is 1.22. The molecule has 1 aromatic heterocycles. The molecule has 2 amide bonds. The first-order valence-electron chi connectivity index (χ1n) is 11.8. The standard InChI is InChI=1S/C24H29N7O2/c1-2-29-10-11-30(15-23(29)32)20-8-9-25-21(14-20)24(33)27-18-5-3-4-17(12-18)13-22-28-26-16-31(22)19-6-7-19/h3,5,8-9,12,14,16-17,19H,2,4,6-7,10-11,13,15H2,1H3,(H,27,33)/p+1. The largest absolute Gasteiger partial charge is 0.360 e. The van der Waals surface area contributed by atoms with Crippen molar-refractivity contribution in [2.45, 2.75) is 38.6 Å². The fourth-order valence-electron chi connectivity index (χ4n) is 4.61. The van der Waals surface area contributed by atoms with Crippen LogP contribution in [0.15, 0.2) is 52.5 Å². The Morgan fingerprint density at radius 1 is 1.30 bits per heavy atom. The molecule has 2 unspecified atom stereocenters. The van der Waals surface area contributed by atoms with E-state index in [1.807, 2.05) is 35.2 Å². The highest BCUT2D eigenvalue weighted by molar-refractivity contribution is 5.95. The SMILES string of the molecule is CCN1CCN(c2ccnc(C(=O)NC3=CC(CC4=NN=C[NH+]4C4CC4)CC=C3)c2)CC1=O. The Kier molecular flexibility index (Phi) is 6.04. The molecule has 172 valence electrons. The first-order valence-corrected chi connectivity index (χ1v) is 11.8. The van der Waals surface area contributed by atoms with Crippen molar-refractivity contribution in [1.82, 2.24) is 15.2 Å². The third-order valence-electron chi connectivity index (χ3n) is 6.63. The molecule has 9 nitrogen and oxygen atoms in total. The molecule has 0 bridgehead atoms. The number of anilines is 1. The minimum Gasteiger partial charge on any atom is -0.360 e. The zero-order valence-corrected chi connectivity index (χ0v) is 18.9. The van der Waals surface area contributed by atoms with Crippen molar-refractivity contribution >= 4 is 29.7 Å². The Morgan fingerprint density at radius 3 is 2.97 bits per heavy atom. The summed E-state index contributed by atoms with van der Waals surface area (Å²) < 4.78 is 0. The van der Waals surface area contributed by atoms with Crippen molar-refractivity contribution in [2.75, 3.05) is 31.1 Å². The molecule has 0 spiro atoms. The van der Waals surface area contributed by atoms with Crippen molar-refractivity contribution in [3.8, 4) is 0 Å². The van der Waals surface area contributed by atoms with Gasteiger partial charge in [0, 0.05) is 50.1 Å². The van der Waals surface area contributed by atoms with Gasteiger partial charge in [-0.25, -0.2) is 4.90 Å². The average molecular weight is 449 g/mol. The zero-order chi connectivity index (χ0) is 22.8. The summed E-state index contributed by atoms with van der Waals surface area (Å²) >= 11 is 0. The van der Waals surface area contributed by atoms with Crippen LogP contribution in [-0.2, 0) is 4.79 Å². The molecule has 33 heavy (non-hydrogen) atoms. The highest BCUT2D eigenvalue weighted by atomic mass is 16.2. The summed E-state index contributed by atoms with van der Waals surface area (Å²) in [6, 6.07) is 4.24. The van der Waals surface area contributed by atoms with Crippen LogP contribution < -0.4 is 15.1 Å². The zero-order valence-electron chi connectivity index (χ0n) is 18.9. The lowest BCUT2D eigenvalue weighted by atomic mass is 9.95. The number of carbonyl (C=O) groups is 2. The van der Waals surface area contributed by atoms with Gasteiger partial charge in [0.05, 0.1) is 19.0 Å². The molecule has 0 radical (unpaired) electrons. The highest BCUT2D eigenvalue weighted by Gasteiger charge is 2.38. The maximum absolute atomic E-state index is 12.9. The van der Waals surface area contributed by atoms with Crippen LogP contribution in [0.4, 0.5) is 5.69 Å². The van der Waals surface area contributed by atoms with Crippen molar-refractivity contribution in [2.24, 2.45) is 16.1 Å². The van der Waals surface area contributed by atoms with Gasteiger partial charge < -0.3 is 15.1 Å². The number of pyridine rings is 1. The molecule has 5 rings (SSSR count). The molecule has 3 heterocycles. The molecule has 2 aliphatic heterocycles. The van der Waals surface area contributed by atoms with Gasteiger partial charge in [0.2, 0.25) is 18.1 Å². The maximum atomic E-state index is 12.9. The Bertz CT molecular complexity index is 1060. The van der Waals surface area contributed by atoms with Gasteiger partial charge in [-0.3, -0.25) is 14.6 Å². The van der Waals surface area contributed by atoms with Crippen molar-refractivity contribution in [1.29, 1.82) is 0 Å². The fourth-order valence-corrected chi connectivity index (χ4v) is 4.61. The monoisotopic (exact) mass is 448 g/mol. The predicted molar refractivity (Wildman–Crippen MR) is 126 cm³/mol. The van der Waals surface area contributed by atoms with Crippen LogP contribution in [0.5, 0.6) is 0 Å². The highest BCUT2D eigenvalue weighted by Crippen LogP contribution is 2.22. The number of nitrogens with zero attached hydrogens (tertiary/aromatic N) is 5. The number of nitrogens with one attached hydrogen (secondary N) is 2. The number of amides is 2. The first kappa shape index (κ1) is 21.5. The Balaban J connectivity index is 1.22. The summed E-state index contributed by atoms with van der Waals surface area (Å²) in [6.45, 7) is 4.46. The number of quaternary nitrogens is 1. The molecule has 9 heteroatoms. The molecule has 2 aliphatic carbocycles. The Morgan fingerprint density at radius 2 is 2.18 bits per heavy atom. The number of hydrogen-bond acceptors (Lipinski definition) is 6. The van der Waals surface area contributed by atoms with Crippen molar-refractivity contribution in [3.05, 3.63) is 47.9 Å². The van der Waals surface area contributed by atoms with Gasteiger partial charge in [0.1, 0.15) is 5.69 Å². The fraction of sp³-hybridized carbons (Fsp3) is 0.458. The van der Waals surface area contributed by atoms with Crippen LogP contribution in [0.25, 0.3) is 0 Å². The molecule has 4 aliphatic rings. The Labute approximate surface area is 193 Å². The lowest BCUT2D eigenvalue weighted by Gasteiger charge is -2.35. The second-order valence-corrected chi connectivity index (χ2v) is 8.99. The number of likely N-dealkylation sites (N-methyl/N-ethyl adjacent to an activating group) is 1. The number of aromatic nitrogens is 1. The van der Waals surface area contributed by atoms with Crippen LogP contribution in [-0.4, -0.2) is 66.1 Å². The van der Waals surface area contributed by atoms with Crippen LogP contribution in [0.3, 0.4) is 0 Å². The second-order valence-electron chi connectivity index (χ2n) is 8.99. The number of allylic oxidation sites excluding steroid dienone is 3. The van der Waals surface area contributed by atoms with E-state index in [4.69, 9.17) is 0 Å². The maximum Gasteiger partial charge on any atom is 0.274 e. The van der Waals surface area contributed by atoms with E-state index in [-0.39, 0.29) is 17.7 Å². The lowest BCUT2D eigenvalue weighted by molar-refractivity contribution is -0.707. The molecule has 1 saturated heterocycles. The van der Waals surface area contributed by atoms with Gasteiger partial charge in [-0.1, -0.05) is 22.4 Å². The van der Waals surface area contributed by atoms with E-state index < -0.39 is 0 Å². The van der Waals surface area contributed by atoms with Gasteiger partial charge in [-0.15, -0.1) is 0 Å². The van der Waals surface area contributed by atoms with Crippen molar-refractivity contribution < 1.29 is 14.5 Å². The third kappa shape index (κ3) is 4.88. The number of piperazine rings is 1. The van der Waals surface area contributed by atoms with E-state index in [9.17, 15) is 9.59 Å². The normalized spacial score (nSPS) is 24.7. The van der Waals surface area contributed by atoms with E-state index in [2.05, 4.69) is 32.7 Å². The second kappa shape index (κ2) is 9.27. The van der Waals surface area contributed by atoms with Gasteiger partial charge >= 0.3 is 0 Å². The van der Waals surface area contributed by atoms with E-state index in [1.165, 1.54) is 17.7 Å². The summed E-state index contributed by atoms with van der Waals surface area (Å²) in [6.07, 6.45) is 13.9. The third-order valence-corrected chi connectivity index (χ3v) is 6.63. The van der Waals surface area contributed by atoms with Gasteiger partial charge in [-0.2, -0.15) is 0 Å². The van der Waals surface area contributed by atoms with E-state index in [0.29, 0.717) is 24.8 Å². The van der Waals surface area contributed by atoms with E-state index in [0.717, 1.165) is 43.2 Å². The molecule has 2 N–H and O–H groups in total. The number of rotatable bonds is 7. The number of hydrogen-bond donors (Lipinski definition) is 2. The van der Waals surface area contributed by atoms with Crippen LogP contribution >= 0.6 is 0 Å². The van der Waals surface area contributed by atoms with Crippen LogP contribution in [0.1, 0.15) is 43.1 Å². The molecule has 0 aromatic carbocycles. The molecular weight excluding hydrogens is 418 g/mol. The van der Waals surface area contributed by atoms with E-state index in [1.54, 1.807) is 12.3 Å². The average Bonchev–Trinajstić information content (AvgIpc) is 3.58. The summed E-state index contributed by atoms with van der Waals surface area (Å²) in [5, 5.41) is 11.5. The summed E-state index contributed by atoms with van der Waals surface area (Å²) in [7, 11) is 0. The minimum atomic E-state index is -0.251. The predicted octanol–water partition coefficient (Wildman–Crippen LogP) is 0.733. The molecule has 2 fully saturated rings. The number of carbonyl (C=O) groups excluding carboxylic acids is 2. The number of amidine groups is 1. The molecule has 2 atom stereocenters.